The van der Waals surface area contributed by atoms with Gasteiger partial charge >= 0.3 is 0 Å². The van der Waals surface area contributed by atoms with Crippen LogP contribution in [0.4, 0.5) is 0 Å². The monoisotopic (exact) mass is 200 g/mol. The minimum atomic E-state index is 0.622. The van der Waals surface area contributed by atoms with Crippen molar-refractivity contribution < 1.29 is 0 Å². The van der Waals surface area contributed by atoms with Crippen molar-refractivity contribution in [2.24, 2.45) is 0 Å². The number of hydrogen-bond acceptors (Lipinski definition) is 2. The van der Waals surface area contributed by atoms with E-state index in [-0.39, 0.29) is 0 Å². The first-order chi connectivity index (χ1) is 7.30. The average Bonchev–Trinajstić information content (AvgIpc) is 2.29. The van der Waals surface area contributed by atoms with Crippen molar-refractivity contribution in [1.29, 1.82) is 5.26 Å². The molecule has 0 aliphatic carbocycles. The smallest absolute Gasteiger partial charge is 0.0622 e. The quantitative estimate of drug-likeness (QED) is 0.516. The molecule has 0 saturated carbocycles. The van der Waals surface area contributed by atoms with Crippen LogP contribution >= 0.6 is 0 Å². The summed E-state index contributed by atoms with van der Waals surface area (Å²) in [5.41, 5.74) is 8.32. The van der Waals surface area contributed by atoms with Crippen molar-refractivity contribution in [2.75, 3.05) is 19.6 Å². The standard InChI is InChI=1S/C13H16N2/c1-3-12-9-13(4-2)11-15(10-12)8-6-5-7-14/h1-2,5-6,8-11H2. The van der Waals surface area contributed by atoms with Crippen molar-refractivity contribution >= 4 is 0 Å². The molecule has 0 aromatic carbocycles. The Labute approximate surface area is 91.5 Å². The summed E-state index contributed by atoms with van der Waals surface area (Å²) in [7, 11) is 0. The highest BCUT2D eigenvalue weighted by Gasteiger charge is 2.16. The molecule has 0 unspecified atom stereocenters. The Morgan fingerprint density at radius 3 is 2.27 bits per heavy atom. The van der Waals surface area contributed by atoms with Crippen LogP contribution in [0.3, 0.4) is 0 Å². The molecule has 1 saturated heterocycles. The van der Waals surface area contributed by atoms with Crippen LogP contribution in [0, 0.1) is 11.3 Å². The first-order valence-electron chi connectivity index (χ1n) is 5.15. The predicted molar refractivity (Wildman–Crippen MR) is 61.2 cm³/mol. The molecule has 1 fully saturated rings. The SMILES string of the molecule is C=C=C1CC(=C=C)CN(CCCC#N)C1. The number of hydrogen-bond donors (Lipinski definition) is 0. The van der Waals surface area contributed by atoms with Crippen molar-refractivity contribution in [2.45, 2.75) is 19.3 Å². The van der Waals surface area contributed by atoms with Gasteiger partial charge in [0.25, 0.3) is 0 Å². The number of nitriles is 1. The molecule has 1 rings (SSSR count). The molecule has 15 heavy (non-hydrogen) atoms. The van der Waals surface area contributed by atoms with E-state index >= 15 is 0 Å². The normalized spacial score (nSPS) is 16.7. The second-order valence-corrected chi connectivity index (χ2v) is 3.71. The number of rotatable bonds is 3. The molecule has 1 aliphatic heterocycles. The van der Waals surface area contributed by atoms with Gasteiger partial charge < -0.3 is 0 Å². The molecule has 0 radical (unpaired) electrons. The predicted octanol–water partition coefficient (Wildman–Crippen LogP) is 2.42. The van der Waals surface area contributed by atoms with Crippen molar-refractivity contribution in [3.05, 3.63) is 35.8 Å². The van der Waals surface area contributed by atoms with Crippen LogP contribution < -0.4 is 0 Å². The molecule has 0 spiro atoms. The zero-order chi connectivity index (χ0) is 11.1. The van der Waals surface area contributed by atoms with Gasteiger partial charge in [-0.05, 0) is 24.1 Å². The average molecular weight is 200 g/mol. The van der Waals surface area contributed by atoms with E-state index in [1.165, 1.54) is 11.1 Å². The topological polar surface area (TPSA) is 27.0 Å². The first-order valence-corrected chi connectivity index (χ1v) is 5.15. The van der Waals surface area contributed by atoms with Crippen LogP contribution in [0.2, 0.25) is 0 Å². The summed E-state index contributed by atoms with van der Waals surface area (Å²) in [5.74, 6) is 0. The summed E-state index contributed by atoms with van der Waals surface area (Å²) in [5, 5.41) is 8.47. The van der Waals surface area contributed by atoms with Crippen LogP contribution in [-0.2, 0) is 0 Å². The number of nitrogens with zero attached hydrogens (tertiary/aromatic N) is 2. The van der Waals surface area contributed by atoms with E-state index < -0.39 is 0 Å². The van der Waals surface area contributed by atoms with Crippen molar-refractivity contribution in [3.8, 4) is 6.07 Å². The van der Waals surface area contributed by atoms with Crippen molar-refractivity contribution in [3.63, 3.8) is 0 Å². The molecular weight excluding hydrogens is 184 g/mol. The Balaban J connectivity index is 2.55. The first kappa shape index (κ1) is 11.6. The fraction of sp³-hybridized carbons (Fsp3) is 0.462. The van der Waals surface area contributed by atoms with E-state index in [0.29, 0.717) is 6.42 Å². The van der Waals surface area contributed by atoms with E-state index in [2.05, 4.69) is 35.6 Å². The Kier molecular flexibility index (Phi) is 4.68. The molecule has 2 heteroatoms. The molecule has 1 aliphatic rings. The highest BCUT2D eigenvalue weighted by Crippen LogP contribution is 2.18. The summed E-state index contributed by atoms with van der Waals surface area (Å²) in [6.45, 7) is 10.1. The van der Waals surface area contributed by atoms with Gasteiger partial charge in [-0.2, -0.15) is 5.26 Å². The van der Waals surface area contributed by atoms with E-state index in [1.54, 1.807) is 0 Å². The van der Waals surface area contributed by atoms with Gasteiger partial charge in [-0.3, -0.25) is 4.90 Å². The maximum Gasteiger partial charge on any atom is 0.0622 e. The Bertz CT molecular complexity index is 334. The summed E-state index contributed by atoms with van der Waals surface area (Å²) in [6.07, 6.45) is 2.45. The summed E-state index contributed by atoms with van der Waals surface area (Å²) in [4.78, 5) is 2.29. The highest BCUT2D eigenvalue weighted by molar-refractivity contribution is 5.20. The Morgan fingerprint density at radius 1 is 1.20 bits per heavy atom. The van der Waals surface area contributed by atoms with Gasteiger partial charge in [0.05, 0.1) is 6.07 Å². The molecule has 0 bridgehead atoms. The zero-order valence-corrected chi connectivity index (χ0v) is 9.05. The van der Waals surface area contributed by atoms with Crippen LogP contribution in [0.5, 0.6) is 0 Å². The van der Waals surface area contributed by atoms with E-state index in [9.17, 15) is 0 Å². The number of piperidine rings is 1. The molecule has 0 amide bonds. The lowest BCUT2D eigenvalue weighted by molar-refractivity contribution is 0.298. The van der Waals surface area contributed by atoms with Gasteiger partial charge in [0.15, 0.2) is 0 Å². The lowest BCUT2D eigenvalue weighted by Gasteiger charge is -2.28. The van der Waals surface area contributed by atoms with Gasteiger partial charge in [0, 0.05) is 25.9 Å². The fourth-order valence-corrected chi connectivity index (χ4v) is 1.74. The molecule has 1 heterocycles. The van der Waals surface area contributed by atoms with Crippen LogP contribution in [0.15, 0.2) is 35.8 Å². The van der Waals surface area contributed by atoms with Crippen LogP contribution in [-0.4, -0.2) is 24.5 Å². The molecule has 0 aromatic rings. The lowest BCUT2D eigenvalue weighted by atomic mass is 10.0. The van der Waals surface area contributed by atoms with Gasteiger partial charge in [-0.15, -0.1) is 11.5 Å². The summed E-state index contributed by atoms with van der Waals surface area (Å²) >= 11 is 0. The third-order valence-electron chi connectivity index (χ3n) is 2.52. The Morgan fingerprint density at radius 2 is 1.80 bits per heavy atom. The molecular formula is C13H16N2. The minimum Gasteiger partial charge on any atom is -0.294 e. The molecule has 0 atom stereocenters. The molecule has 2 nitrogen and oxygen atoms in total. The van der Waals surface area contributed by atoms with E-state index in [4.69, 9.17) is 5.26 Å². The molecule has 0 N–H and O–H groups in total. The van der Waals surface area contributed by atoms with E-state index in [0.717, 1.165) is 32.5 Å². The second kappa shape index (κ2) is 6.06. The highest BCUT2D eigenvalue weighted by atomic mass is 15.1. The summed E-state index contributed by atoms with van der Waals surface area (Å²) < 4.78 is 0. The fourth-order valence-electron chi connectivity index (χ4n) is 1.74. The van der Waals surface area contributed by atoms with Crippen LogP contribution in [0.1, 0.15) is 19.3 Å². The lowest BCUT2D eigenvalue weighted by Crippen LogP contribution is -2.33. The van der Waals surface area contributed by atoms with Crippen LogP contribution in [0.25, 0.3) is 0 Å². The Hall–Kier alpha value is -1.51. The zero-order valence-electron chi connectivity index (χ0n) is 9.05. The minimum absolute atomic E-state index is 0.622. The second-order valence-electron chi connectivity index (χ2n) is 3.71. The van der Waals surface area contributed by atoms with Gasteiger partial charge in [-0.25, -0.2) is 0 Å². The maximum atomic E-state index is 8.47. The van der Waals surface area contributed by atoms with Crippen molar-refractivity contribution in [1.82, 2.24) is 4.90 Å². The largest absolute Gasteiger partial charge is 0.294 e. The third-order valence-corrected chi connectivity index (χ3v) is 2.52. The summed E-state index contributed by atoms with van der Waals surface area (Å²) in [6, 6.07) is 2.16. The number of likely N-dealkylation sites (tertiary alicyclic amines) is 1. The van der Waals surface area contributed by atoms with Gasteiger partial charge in [0.2, 0.25) is 0 Å². The van der Waals surface area contributed by atoms with E-state index in [1.807, 2.05) is 0 Å². The molecule has 78 valence electrons. The third kappa shape index (κ3) is 3.62. The number of unbranched alkanes of at least 4 members (excludes halogenated alkanes) is 1. The van der Waals surface area contributed by atoms with Gasteiger partial charge in [-0.1, -0.05) is 13.2 Å². The maximum absolute atomic E-state index is 8.47. The molecule has 0 aromatic heterocycles. The van der Waals surface area contributed by atoms with Gasteiger partial charge in [0.1, 0.15) is 0 Å².